The van der Waals surface area contributed by atoms with Crippen molar-refractivity contribution in [3.63, 3.8) is 0 Å². The van der Waals surface area contributed by atoms with E-state index in [4.69, 9.17) is 0 Å². The normalized spacial score (nSPS) is 20.9. The van der Waals surface area contributed by atoms with Crippen molar-refractivity contribution < 1.29 is 14.7 Å². The first-order valence-corrected chi connectivity index (χ1v) is 8.02. The van der Waals surface area contributed by atoms with Gasteiger partial charge in [-0.15, -0.1) is 0 Å². The van der Waals surface area contributed by atoms with Crippen molar-refractivity contribution in [2.24, 2.45) is 5.92 Å². The van der Waals surface area contributed by atoms with Crippen LogP contribution in [0, 0.1) is 19.8 Å². The summed E-state index contributed by atoms with van der Waals surface area (Å²) in [6, 6.07) is 5.79. The van der Waals surface area contributed by atoms with Crippen LogP contribution in [0.5, 0.6) is 0 Å². The highest BCUT2D eigenvalue weighted by atomic mass is 16.3. The molecule has 1 saturated carbocycles. The number of aliphatic hydroxyl groups excluding tert-OH is 1. The van der Waals surface area contributed by atoms with Crippen LogP contribution in [-0.2, 0) is 4.79 Å². The molecule has 0 radical (unpaired) electrons. The monoisotopic (exact) mass is 303 g/mol. The van der Waals surface area contributed by atoms with E-state index in [1.165, 1.54) is 0 Å². The number of rotatable bonds is 6. The molecule has 1 aromatic carbocycles. The van der Waals surface area contributed by atoms with Crippen molar-refractivity contribution in [1.82, 2.24) is 5.32 Å². The molecule has 120 valence electrons. The van der Waals surface area contributed by atoms with Crippen LogP contribution in [0.15, 0.2) is 18.2 Å². The lowest BCUT2D eigenvalue weighted by Gasteiger charge is -2.15. The molecule has 2 atom stereocenters. The number of benzene rings is 1. The van der Waals surface area contributed by atoms with Gasteiger partial charge in [0.25, 0.3) is 0 Å². The van der Waals surface area contributed by atoms with E-state index >= 15 is 0 Å². The minimum atomic E-state index is -0.295. The number of aliphatic hydroxyl groups is 1. The summed E-state index contributed by atoms with van der Waals surface area (Å²) >= 11 is 0. The van der Waals surface area contributed by atoms with E-state index in [9.17, 15) is 14.7 Å². The number of nitrogens with one attached hydrogen (secondary N) is 1. The molecular weight excluding hydrogens is 278 g/mol. The van der Waals surface area contributed by atoms with Gasteiger partial charge in [0.2, 0.25) is 5.91 Å². The molecule has 0 heterocycles. The van der Waals surface area contributed by atoms with E-state index in [-0.39, 0.29) is 36.6 Å². The Balaban J connectivity index is 1.78. The molecule has 4 nitrogen and oxygen atoms in total. The highest BCUT2D eigenvalue weighted by Crippen LogP contribution is 2.24. The molecule has 1 aliphatic carbocycles. The molecule has 2 N–H and O–H groups in total. The minimum Gasteiger partial charge on any atom is -0.393 e. The summed E-state index contributed by atoms with van der Waals surface area (Å²) in [6.07, 6.45) is 2.94. The molecule has 0 aliphatic heterocycles. The molecular formula is C18H25NO3. The summed E-state index contributed by atoms with van der Waals surface area (Å²) in [6.45, 7) is 4.38. The molecule has 0 bridgehead atoms. The summed E-state index contributed by atoms with van der Waals surface area (Å²) in [5.41, 5.74) is 2.71. The van der Waals surface area contributed by atoms with Crippen molar-refractivity contribution >= 4 is 11.7 Å². The molecule has 1 amide bonds. The smallest absolute Gasteiger partial charge is 0.220 e. The van der Waals surface area contributed by atoms with E-state index in [1.807, 2.05) is 32.0 Å². The van der Waals surface area contributed by atoms with Gasteiger partial charge in [0.1, 0.15) is 0 Å². The van der Waals surface area contributed by atoms with Gasteiger partial charge in [-0.25, -0.2) is 0 Å². The van der Waals surface area contributed by atoms with Crippen LogP contribution < -0.4 is 5.32 Å². The number of ketones is 1. The topological polar surface area (TPSA) is 66.4 Å². The zero-order valence-electron chi connectivity index (χ0n) is 13.4. The molecule has 1 fully saturated rings. The van der Waals surface area contributed by atoms with E-state index in [1.54, 1.807) is 0 Å². The van der Waals surface area contributed by atoms with Gasteiger partial charge in [-0.2, -0.15) is 0 Å². The highest BCUT2D eigenvalue weighted by molar-refractivity contribution is 5.99. The number of Topliss-reactive ketones (excluding diaryl/α,β-unsaturated/α-hetero) is 1. The van der Waals surface area contributed by atoms with Gasteiger partial charge in [-0.1, -0.05) is 24.1 Å². The number of hydrogen-bond donors (Lipinski definition) is 2. The van der Waals surface area contributed by atoms with Crippen LogP contribution >= 0.6 is 0 Å². The molecule has 0 saturated heterocycles. The van der Waals surface area contributed by atoms with Gasteiger partial charge >= 0.3 is 0 Å². The van der Waals surface area contributed by atoms with Gasteiger partial charge in [-0.3, -0.25) is 9.59 Å². The molecule has 2 unspecified atom stereocenters. The fraction of sp³-hybridized carbons (Fsp3) is 0.556. The maximum Gasteiger partial charge on any atom is 0.220 e. The summed E-state index contributed by atoms with van der Waals surface area (Å²) in [5, 5.41) is 12.6. The summed E-state index contributed by atoms with van der Waals surface area (Å²) in [4.78, 5) is 24.1. The molecule has 2 rings (SSSR count). The van der Waals surface area contributed by atoms with Crippen LogP contribution in [-0.4, -0.2) is 29.4 Å². The molecule has 0 spiro atoms. The van der Waals surface area contributed by atoms with Crippen molar-refractivity contribution in [2.75, 3.05) is 6.54 Å². The Bertz CT molecular complexity index is 553. The van der Waals surface area contributed by atoms with Crippen molar-refractivity contribution in [3.05, 3.63) is 34.9 Å². The van der Waals surface area contributed by atoms with Crippen molar-refractivity contribution in [2.45, 2.75) is 52.1 Å². The molecule has 22 heavy (non-hydrogen) atoms. The zero-order valence-corrected chi connectivity index (χ0v) is 13.4. The standard InChI is InChI=1S/C18H25NO3/c1-12-6-7-13(2)15(10-12)17(21)8-9-18(22)19-11-14-4-3-5-16(14)20/h6-7,10,14,16,20H,3-5,8-9,11H2,1-2H3,(H,19,22). The van der Waals surface area contributed by atoms with Crippen LogP contribution in [0.3, 0.4) is 0 Å². The first kappa shape index (κ1) is 16.7. The van der Waals surface area contributed by atoms with Crippen LogP contribution in [0.25, 0.3) is 0 Å². The van der Waals surface area contributed by atoms with Gasteiger partial charge in [0.05, 0.1) is 6.10 Å². The first-order chi connectivity index (χ1) is 10.5. The number of aryl methyl sites for hydroxylation is 2. The second kappa shape index (κ2) is 7.54. The molecule has 4 heteroatoms. The Morgan fingerprint density at radius 1 is 1.23 bits per heavy atom. The van der Waals surface area contributed by atoms with Crippen LogP contribution in [0.4, 0.5) is 0 Å². The van der Waals surface area contributed by atoms with Gasteiger partial charge in [0.15, 0.2) is 5.78 Å². The maximum atomic E-state index is 12.2. The van der Waals surface area contributed by atoms with E-state index < -0.39 is 0 Å². The van der Waals surface area contributed by atoms with Crippen LogP contribution in [0.2, 0.25) is 0 Å². The average molecular weight is 303 g/mol. The first-order valence-electron chi connectivity index (χ1n) is 8.02. The molecule has 0 aromatic heterocycles. The summed E-state index contributed by atoms with van der Waals surface area (Å²) in [7, 11) is 0. The van der Waals surface area contributed by atoms with Crippen LogP contribution in [0.1, 0.15) is 53.6 Å². The second-order valence-electron chi connectivity index (χ2n) is 6.30. The third-order valence-corrected chi connectivity index (χ3v) is 4.45. The second-order valence-corrected chi connectivity index (χ2v) is 6.30. The van der Waals surface area contributed by atoms with Crippen molar-refractivity contribution in [3.8, 4) is 0 Å². The lowest BCUT2D eigenvalue weighted by molar-refractivity contribution is -0.121. The van der Waals surface area contributed by atoms with E-state index in [2.05, 4.69) is 5.32 Å². The quantitative estimate of drug-likeness (QED) is 0.794. The van der Waals surface area contributed by atoms with Gasteiger partial charge in [-0.05, 0) is 38.3 Å². The Labute approximate surface area is 131 Å². The fourth-order valence-electron chi connectivity index (χ4n) is 2.99. The van der Waals surface area contributed by atoms with Crippen molar-refractivity contribution in [1.29, 1.82) is 0 Å². The number of amides is 1. The molecule has 1 aromatic rings. The largest absolute Gasteiger partial charge is 0.393 e. The Morgan fingerprint density at radius 2 is 2.00 bits per heavy atom. The Morgan fingerprint density at radius 3 is 2.68 bits per heavy atom. The third-order valence-electron chi connectivity index (χ3n) is 4.45. The third kappa shape index (κ3) is 4.41. The lowest BCUT2D eigenvalue weighted by Crippen LogP contribution is -2.32. The maximum absolute atomic E-state index is 12.2. The Kier molecular flexibility index (Phi) is 5.72. The fourth-order valence-corrected chi connectivity index (χ4v) is 2.99. The van der Waals surface area contributed by atoms with Gasteiger partial charge < -0.3 is 10.4 Å². The number of hydrogen-bond acceptors (Lipinski definition) is 3. The SMILES string of the molecule is Cc1ccc(C)c(C(=O)CCC(=O)NCC2CCCC2O)c1. The van der Waals surface area contributed by atoms with E-state index in [0.29, 0.717) is 12.1 Å². The predicted octanol–water partition coefficient (Wildman–Crippen LogP) is 2.54. The summed E-state index contributed by atoms with van der Waals surface area (Å²) in [5.74, 6) is 0.0636. The lowest BCUT2D eigenvalue weighted by atomic mass is 9.99. The minimum absolute atomic E-state index is 0.0113. The summed E-state index contributed by atoms with van der Waals surface area (Å²) < 4.78 is 0. The highest BCUT2D eigenvalue weighted by Gasteiger charge is 2.25. The number of carbonyl (C=O) groups excluding carboxylic acids is 2. The zero-order chi connectivity index (χ0) is 16.1. The Hall–Kier alpha value is -1.68. The molecule has 1 aliphatic rings. The van der Waals surface area contributed by atoms with E-state index in [0.717, 1.165) is 30.4 Å². The van der Waals surface area contributed by atoms with Gasteiger partial charge in [0, 0.05) is 30.9 Å². The average Bonchev–Trinajstić information content (AvgIpc) is 2.90. The number of carbonyl (C=O) groups is 2. The predicted molar refractivity (Wildman–Crippen MR) is 85.8 cm³/mol.